The van der Waals surface area contributed by atoms with Gasteiger partial charge in [0.2, 0.25) is 0 Å². The Kier molecular flexibility index (Phi) is 5.35. The van der Waals surface area contributed by atoms with Gasteiger partial charge in [-0.1, -0.05) is 13.8 Å². The lowest BCUT2D eigenvalue weighted by atomic mass is 10.3. The molecule has 0 saturated heterocycles. The van der Waals surface area contributed by atoms with E-state index in [0.717, 1.165) is 38.2 Å². The van der Waals surface area contributed by atoms with Crippen LogP contribution in [0.25, 0.3) is 0 Å². The first-order valence-corrected chi connectivity index (χ1v) is 7.49. The summed E-state index contributed by atoms with van der Waals surface area (Å²) in [5.74, 6) is 0. The Morgan fingerprint density at radius 1 is 1.35 bits per heavy atom. The maximum Gasteiger partial charge on any atom is 0.0849 e. The fourth-order valence-corrected chi connectivity index (χ4v) is 2.05. The van der Waals surface area contributed by atoms with Crippen LogP contribution in [0.5, 0.6) is 0 Å². The van der Waals surface area contributed by atoms with Crippen molar-refractivity contribution in [2.24, 2.45) is 0 Å². The molecule has 5 nitrogen and oxygen atoms in total. The lowest BCUT2D eigenvalue weighted by molar-refractivity contribution is 0.471. The minimum atomic E-state index is 0.454. The maximum absolute atomic E-state index is 4.60. The first-order valence-electron chi connectivity index (χ1n) is 7.49. The maximum atomic E-state index is 4.60. The average Bonchev–Trinajstić information content (AvgIpc) is 3.08. The van der Waals surface area contributed by atoms with Crippen LogP contribution in [0.3, 0.4) is 0 Å². The highest BCUT2D eigenvalue weighted by molar-refractivity contribution is 5.06. The Balaban J connectivity index is 1.91. The van der Waals surface area contributed by atoms with E-state index >= 15 is 0 Å². The summed E-state index contributed by atoms with van der Waals surface area (Å²) in [5, 5.41) is 12.4. The predicted octanol–water partition coefficient (Wildman–Crippen LogP) is 2.60. The molecule has 2 heterocycles. The van der Waals surface area contributed by atoms with E-state index in [0.29, 0.717) is 6.04 Å². The van der Waals surface area contributed by atoms with Crippen LogP contribution in [0.15, 0.2) is 24.7 Å². The van der Waals surface area contributed by atoms with Crippen LogP contribution in [-0.2, 0) is 13.1 Å². The van der Waals surface area contributed by atoms with Crippen molar-refractivity contribution in [1.29, 1.82) is 0 Å². The molecule has 0 amide bonds. The predicted molar refractivity (Wildman–Crippen MR) is 80.6 cm³/mol. The summed E-state index contributed by atoms with van der Waals surface area (Å²) >= 11 is 0. The van der Waals surface area contributed by atoms with Gasteiger partial charge in [-0.05, 0) is 32.4 Å². The van der Waals surface area contributed by atoms with Crippen LogP contribution in [0.2, 0.25) is 0 Å². The molecule has 20 heavy (non-hydrogen) atoms. The third-order valence-corrected chi connectivity index (χ3v) is 3.47. The van der Waals surface area contributed by atoms with Crippen molar-refractivity contribution in [3.8, 4) is 0 Å². The van der Waals surface area contributed by atoms with Crippen molar-refractivity contribution in [3.05, 3.63) is 35.9 Å². The van der Waals surface area contributed by atoms with Gasteiger partial charge >= 0.3 is 0 Å². The van der Waals surface area contributed by atoms with Gasteiger partial charge in [-0.2, -0.15) is 10.2 Å². The van der Waals surface area contributed by atoms with E-state index in [1.54, 1.807) is 0 Å². The summed E-state index contributed by atoms with van der Waals surface area (Å²) in [6.45, 7) is 9.19. The quantitative estimate of drug-likeness (QED) is 0.753. The van der Waals surface area contributed by atoms with E-state index < -0.39 is 0 Å². The van der Waals surface area contributed by atoms with E-state index in [9.17, 15) is 0 Å². The first kappa shape index (κ1) is 14.8. The summed E-state index contributed by atoms with van der Waals surface area (Å²) in [6.07, 6.45) is 8.31. The summed E-state index contributed by atoms with van der Waals surface area (Å²) < 4.78 is 3.98. The van der Waals surface area contributed by atoms with Crippen molar-refractivity contribution in [2.75, 3.05) is 6.54 Å². The zero-order valence-corrected chi connectivity index (χ0v) is 12.7. The van der Waals surface area contributed by atoms with Gasteiger partial charge in [-0.25, -0.2) is 0 Å². The van der Waals surface area contributed by atoms with Gasteiger partial charge in [-0.3, -0.25) is 9.36 Å². The molecule has 0 aliphatic heterocycles. The second kappa shape index (κ2) is 7.24. The fourth-order valence-electron chi connectivity index (χ4n) is 2.05. The summed E-state index contributed by atoms with van der Waals surface area (Å²) in [6, 6.07) is 2.53. The molecule has 0 aromatic carbocycles. The molecule has 0 spiro atoms. The molecular weight excluding hydrogens is 250 g/mol. The summed E-state index contributed by atoms with van der Waals surface area (Å²) in [4.78, 5) is 0. The largest absolute Gasteiger partial charge is 0.313 e. The number of nitrogens with one attached hydrogen (secondary N) is 1. The van der Waals surface area contributed by atoms with Gasteiger partial charge in [0.1, 0.15) is 0 Å². The van der Waals surface area contributed by atoms with Gasteiger partial charge in [0.15, 0.2) is 0 Å². The van der Waals surface area contributed by atoms with Crippen molar-refractivity contribution >= 4 is 0 Å². The Morgan fingerprint density at radius 2 is 2.20 bits per heavy atom. The molecule has 2 aromatic rings. The Labute approximate surface area is 121 Å². The third kappa shape index (κ3) is 3.93. The highest BCUT2D eigenvalue weighted by Crippen LogP contribution is 2.10. The molecule has 0 aliphatic rings. The van der Waals surface area contributed by atoms with Crippen LogP contribution in [0, 0.1) is 0 Å². The molecule has 1 N–H and O–H groups in total. The van der Waals surface area contributed by atoms with Crippen LogP contribution in [0.4, 0.5) is 0 Å². The van der Waals surface area contributed by atoms with Crippen LogP contribution >= 0.6 is 0 Å². The van der Waals surface area contributed by atoms with Crippen LogP contribution < -0.4 is 5.32 Å². The Hall–Kier alpha value is -1.62. The molecule has 0 bridgehead atoms. The van der Waals surface area contributed by atoms with E-state index in [2.05, 4.69) is 54.7 Å². The Bertz CT molecular complexity index is 514. The van der Waals surface area contributed by atoms with Crippen LogP contribution in [-0.4, -0.2) is 26.1 Å². The highest BCUT2D eigenvalue weighted by Gasteiger charge is 2.06. The SMILES string of the molecule is CCCNCc1cnn(Cc2ccn(C(C)CC)n2)c1. The zero-order chi connectivity index (χ0) is 14.4. The average molecular weight is 275 g/mol. The number of aromatic nitrogens is 4. The molecule has 110 valence electrons. The second-order valence-electron chi connectivity index (χ2n) is 5.27. The molecule has 2 rings (SSSR count). The minimum absolute atomic E-state index is 0.454. The van der Waals surface area contributed by atoms with Crippen molar-refractivity contribution in [2.45, 2.75) is 52.7 Å². The molecular formula is C15H25N5. The second-order valence-corrected chi connectivity index (χ2v) is 5.27. The molecule has 1 unspecified atom stereocenters. The minimum Gasteiger partial charge on any atom is -0.313 e. The van der Waals surface area contributed by atoms with Crippen molar-refractivity contribution in [1.82, 2.24) is 24.9 Å². The van der Waals surface area contributed by atoms with Gasteiger partial charge in [0.05, 0.1) is 18.4 Å². The standard InChI is InChI=1S/C15H25N5/c1-4-7-16-9-14-10-17-19(11-14)12-15-6-8-20(18-15)13(3)5-2/h6,8,10-11,13,16H,4-5,7,9,12H2,1-3H3. The highest BCUT2D eigenvalue weighted by atomic mass is 15.3. The van der Waals surface area contributed by atoms with Gasteiger partial charge in [-0.15, -0.1) is 0 Å². The lowest BCUT2D eigenvalue weighted by Crippen LogP contribution is -2.13. The Morgan fingerprint density at radius 3 is 2.95 bits per heavy atom. The normalized spacial score (nSPS) is 12.8. The van der Waals surface area contributed by atoms with Gasteiger partial charge < -0.3 is 5.32 Å². The number of nitrogens with zero attached hydrogens (tertiary/aromatic N) is 4. The summed E-state index contributed by atoms with van der Waals surface area (Å²) in [5.41, 5.74) is 2.28. The molecule has 0 aliphatic carbocycles. The molecule has 1 atom stereocenters. The third-order valence-electron chi connectivity index (χ3n) is 3.47. The van der Waals surface area contributed by atoms with E-state index in [1.165, 1.54) is 5.56 Å². The van der Waals surface area contributed by atoms with Crippen LogP contribution in [0.1, 0.15) is 50.9 Å². The van der Waals surface area contributed by atoms with Crippen molar-refractivity contribution in [3.63, 3.8) is 0 Å². The number of hydrogen-bond acceptors (Lipinski definition) is 3. The summed E-state index contributed by atoms with van der Waals surface area (Å²) in [7, 11) is 0. The molecule has 2 aromatic heterocycles. The fraction of sp³-hybridized carbons (Fsp3) is 0.600. The zero-order valence-electron chi connectivity index (χ0n) is 12.7. The smallest absolute Gasteiger partial charge is 0.0849 e. The van der Waals surface area contributed by atoms with Gasteiger partial charge in [0.25, 0.3) is 0 Å². The van der Waals surface area contributed by atoms with E-state index in [4.69, 9.17) is 0 Å². The molecule has 0 fully saturated rings. The van der Waals surface area contributed by atoms with Gasteiger partial charge in [0, 0.05) is 30.5 Å². The molecule has 0 saturated carbocycles. The number of rotatable bonds is 8. The molecule has 5 heteroatoms. The first-order chi connectivity index (χ1) is 9.72. The molecule has 0 radical (unpaired) electrons. The lowest BCUT2D eigenvalue weighted by Gasteiger charge is -2.08. The monoisotopic (exact) mass is 275 g/mol. The van der Waals surface area contributed by atoms with Crippen molar-refractivity contribution < 1.29 is 0 Å². The topological polar surface area (TPSA) is 47.7 Å². The van der Waals surface area contributed by atoms with E-state index in [-0.39, 0.29) is 0 Å². The number of hydrogen-bond donors (Lipinski definition) is 1. The van der Waals surface area contributed by atoms with E-state index in [1.807, 2.05) is 15.6 Å².